The maximum absolute atomic E-state index is 14.2. The van der Waals surface area contributed by atoms with E-state index in [9.17, 15) is 73.8 Å². The highest BCUT2D eigenvalue weighted by molar-refractivity contribution is 5.98. The summed E-state index contributed by atoms with van der Waals surface area (Å²) in [6.07, 6.45) is -2.24. The fraction of sp³-hybridized carbons (Fsp3) is 0.523. The first-order valence-electron chi connectivity index (χ1n) is 21.7. The minimum Gasteiger partial charge on any atom is -0.508 e. The van der Waals surface area contributed by atoms with Crippen molar-refractivity contribution < 1.29 is 73.8 Å². The third kappa shape index (κ3) is 16.5. The Morgan fingerprint density at radius 1 is 0.672 bits per heavy atom. The molecule has 2 aromatic rings. The summed E-state index contributed by atoms with van der Waals surface area (Å²) in [7, 11) is 0. The van der Waals surface area contributed by atoms with E-state index in [-0.39, 0.29) is 43.2 Å². The number of hydrogen-bond donors (Lipinski definition) is 13. The van der Waals surface area contributed by atoms with Crippen molar-refractivity contribution in [3.63, 3.8) is 0 Å². The fourth-order valence-electron chi connectivity index (χ4n) is 7.01. The molecule has 2 aromatic carbocycles. The zero-order chi connectivity index (χ0) is 50.1. The second-order valence-corrected chi connectivity index (χ2v) is 16.5. The summed E-state index contributed by atoms with van der Waals surface area (Å²) in [5, 5.41) is 73.9. The molecule has 0 radical (unpaired) electrons. The topological polar surface area (TPSA) is 376 Å². The second-order valence-electron chi connectivity index (χ2n) is 16.5. The van der Waals surface area contributed by atoms with Gasteiger partial charge in [-0.1, -0.05) is 44.5 Å². The largest absolute Gasteiger partial charge is 0.508 e. The monoisotopic (exact) mass is 942 g/mol. The summed E-state index contributed by atoms with van der Waals surface area (Å²) in [6.45, 7) is 5.02. The van der Waals surface area contributed by atoms with Gasteiger partial charge in [-0.15, -0.1) is 0 Å². The van der Waals surface area contributed by atoms with Gasteiger partial charge < -0.3 is 73.2 Å². The third-order valence-electron chi connectivity index (χ3n) is 11.3. The predicted molar refractivity (Wildman–Crippen MR) is 236 cm³/mol. The van der Waals surface area contributed by atoms with Gasteiger partial charge in [-0.3, -0.25) is 38.4 Å². The van der Waals surface area contributed by atoms with E-state index >= 15 is 0 Å². The lowest BCUT2D eigenvalue weighted by atomic mass is 9.99. The molecule has 1 aliphatic rings. The van der Waals surface area contributed by atoms with Gasteiger partial charge in [0.15, 0.2) is 0 Å². The van der Waals surface area contributed by atoms with Crippen LogP contribution in [-0.4, -0.2) is 156 Å². The van der Waals surface area contributed by atoms with Crippen LogP contribution in [0.5, 0.6) is 11.5 Å². The summed E-state index contributed by atoms with van der Waals surface area (Å²) in [5.74, 6) is -9.77. The van der Waals surface area contributed by atoms with Gasteiger partial charge in [0.05, 0.1) is 18.8 Å². The van der Waals surface area contributed by atoms with E-state index in [0.29, 0.717) is 24.0 Å². The normalized spacial score (nSPS) is 17.4. The molecule has 23 heteroatoms. The number of phenolic OH excluding ortho intramolecular Hbond substituents is 2. The standard InChI is InChI=1S/C44H62N8O15/c1-5-22(2)35(45)41(63)46-23(3)37(59)48-30(19-25-8-12-27(55)13-9-25)38(60)49-31(20-26-10-14-28(56)15-11-26)39(61)51-36(24(4)54)42(64)50-32(21-53)40(62)47-29(16-17-34(57)58)43(65)52-18-6-7-33(52)44(66)67/h8-15,22-24,29-33,35-36,53-56H,5-7,16-21,45H2,1-4H3,(H,46,63)(H,47,62)(H,48,59)(H,49,60)(H,50,64)(H,51,61)(H,57,58)(H,66,67)/t22-,23-,24+,29-,30-,31-,32-,33-,35-,36-/m0/s1. The summed E-state index contributed by atoms with van der Waals surface area (Å²) in [4.78, 5) is 119. The van der Waals surface area contributed by atoms with Crippen LogP contribution >= 0.6 is 0 Å². The molecule has 1 saturated heterocycles. The Morgan fingerprint density at radius 3 is 1.63 bits per heavy atom. The minimum absolute atomic E-state index is 0.0140. The van der Waals surface area contributed by atoms with Gasteiger partial charge in [0, 0.05) is 25.8 Å². The second kappa shape index (κ2) is 25.7. The Kier molecular flexibility index (Phi) is 20.9. The minimum atomic E-state index is -1.88. The molecular weight excluding hydrogens is 881 g/mol. The Labute approximate surface area is 386 Å². The number of nitrogens with zero attached hydrogens (tertiary/aromatic N) is 1. The highest BCUT2D eigenvalue weighted by Gasteiger charge is 2.39. The van der Waals surface area contributed by atoms with Crippen LogP contribution in [-0.2, 0) is 56.0 Å². The van der Waals surface area contributed by atoms with Crippen molar-refractivity contribution >= 4 is 53.3 Å². The zero-order valence-electron chi connectivity index (χ0n) is 37.6. The Hall–Kier alpha value is -6.85. The molecule has 1 aliphatic heterocycles. The van der Waals surface area contributed by atoms with Gasteiger partial charge in [0.25, 0.3) is 0 Å². The fourth-order valence-corrected chi connectivity index (χ4v) is 7.01. The number of phenols is 2. The Balaban J connectivity index is 1.88. The smallest absolute Gasteiger partial charge is 0.326 e. The molecule has 0 saturated carbocycles. The number of aliphatic carboxylic acids is 2. The highest BCUT2D eigenvalue weighted by Crippen LogP contribution is 2.20. The number of nitrogens with one attached hydrogen (secondary N) is 6. The van der Waals surface area contributed by atoms with Crippen LogP contribution in [0.2, 0.25) is 0 Å². The van der Waals surface area contributed by atoms with E-state index in [1.807, 2.05) is 6.92 Å². The van der Waals surface area contributed by atoms with E-state index < -0.39 is 127 Å². The van der Waals surface area contributed by atoms with Crippen LogP contribution in [0, 0.1) is 5.92 Å². The number of aliphatic hydroxyl groups excluding tert-OH is 2. The molecule has 368 valence electrons. The number of carboxylic acids is 2. The van der Waals surface area contributed by atoms with Crippen molar-refractivity contribution in [2.45, 2.75) is 127 Å². The van der Waals surface area contributed by atoms with Crippen molar-refractivity contribution in [3.05, 3.63) is 59.7 Å². The summed E-state index contributed by atoms with van der Waals surface area (Å²) < 4.78 is 0. The number of amides is 7. The van der Waals surface area contributed by atoms with Gasteiger partial charge in [-0.25, -0.2) is 4.79 Å². The van der Waals surface area contributed by atoms with Crippen molar-refractivity contribution in [2.24, 2.45) is 11.7 Å². The molecule has 0 unspecified atom stereocenters. The molecule has 10 atom stereocenters. The van der Waals surface area contributed by atoms with Gasteiger partial charge >= 0.3 is 11.9 Å². The van der Waals surface area contributed by atoms with Crippen molar-refractivity contribution in [3.8, 4) is 11.5 Å². The molecule has 3 rings (SSSR count). The number of carboxylic acid groups (broad SMARTS) is 2. The number of nitrogens with two attached hydrogens (primary N) is 1. The van der Waals surface area contributed by atoms with Crippen molar-refractivity contribution in [1.82, 2.24) is 36.8 Å². The van der Waals surface area contributed by atoms with Gasteiger partial charge in [0.1, 0.15) is 53.8 Å². The summed E-state index contributed by atoms with van der Waals surface area (Å²) in [5.41, 5.74) is 6.88. The number of carbonyl (C=O) groups is 9. The number of benzene rings is 2. The number of likely N-dealkylation sites (tertiary alicyclic amines) is 1. The number of aromatic hydroxyl groups is 2. The predicted octanol–water partition coefficient (Wildman–Crippen LogP) is -2.50. The maximum atomic E-state index is 14.2. The molecule has 1 fully saturated rings. The molecule has 67 heavy (non-hydrogen) atoms. The first-order chi connectivity index (χ1) is 31.6. The molecule has 0 aromatic heterocycles. The number of aliphatic hydroxyl groups is 2. The number of carbonyl (C=O) groups excluding carboxylic acids is 7. The van der Waals surface area contributed by atoms with Gasteiger partial charge in [-0.2, -0.15) is 0 Å². The van der Waals surface area contributed by atoms with E-state index in [0.717, 1.165) is 11.8 Å². The third-order valence-corrected chi connectivity index (χ3v) is 11.3. The van der Waals surface area contributed by atoms with Crippen LogP contribution < -0.4 is 37.6 Å². The average Bonchev–Trinajstić information content (AvgIpc) is 3.79. The van der Waals surface area contributed by atoms with E-state index in [1.165, 1.54) is 55.5 Å². The van der Waals surface area contributed by atoms with Crippen LogP contribution in [0.1, 0.15) is 70.9 Å². The van der Waals surface area contributed by atoms with E-state index in [1.54, 1.807) is 6.92 Å². The SMILES string of the molecule is CC[C@H](C)[C@H](N)C(=O)N[C@@H](C)C(=O)N[C@@H](Cc1ccc(O)cc1)C(=O)N[C@@H](Cc1ccc(O)cc1)C(=O)N[C@H](C(=O)N[C@@H](CO)C(=O)N[C@@H](CCC(=O)O)C(=O)N1CCC[C@H]1C(=O)O)[C@@H](C)O. The lowest BCUT2D eigenvalue weighted by molar-refractivity contribution is -0.150. The molecule has 14 N–H and O–H groups in total. The first kappa shape index (κ1) is 54.5. The van der Waals surface area contributed by atoms with Gasteiger partial charge in [0.2, 0.25) is 41.4 Å². The molecular formula is C44H62N8O15. The van der Waals surface area contributed by atoms with Crippen LogP contribution in [0.3, 0.4) is 0 Å². The van der Waals surface area contributed by atoms with E-state index in [2.05, 4.69) is 31.9 Å². The molecule has 7 amide bonds. The van der Waals surface area contributed by atoms with Crippen molar-refractivity contribution in [2.75, 3.05) is 13.2 Å². The van der Waals surface area contributed by atoms with Crippen LogP contribution in [0.15, 0.2) is 48.5 Å². The lowest BCUT2D eigenvalue weighted by Gasteiger charge is -2.29. The quantitative estimate of drug-likeness (QED) is 0.0489. The Bertz CT molecular complexity index is 2070. The van der Waals surface area contributed by atoms with Gasteiger partial charge in [-0.05, 0) is 74.4 Å². The number of hydrogen-bond acceptors (Lipinski definition) is 14. The Morgan fingerprint density at radius 2 is 1.15 bits per heavy atom. The summed E-state index contributed by atoms with van der Waals surface area (Å²) >= 11 is 0. The zero-order valence-corrected chi connectivity index (χ0v) is 37.6. The van der Waals surface area contributed by atoms with Crippen LogP contribution in [0.25, 0.3) is 0 Å². The van der Waals surface area contributed by atoms with Crippen molar-refractivity contribution in [1.29, 1.82) is 0 Å². The van der Waals surface area contributed by atoms with Crippen LogP contribution in [0.4, 0.5) is 0 Å². The lowest BCUT2D eigenvalue weighted by Crippen LogP contribution is -2.62. The molecule has 1 heterocycles. The molecule has 0 aliphatic carbocycles. The highest BCUT2D eigenvalue weighted by atomic mass is 16.4. The average molecular weight is 943 g/mol. The van der Waals surface area contributed by atoms with E-state index in [4.69, 9.17) is 5.73 Å². The number of rotatable bonds is 25. The molecule has 23 nitrogen and oxygen atoms in total. The maximum Gasteiger partial charge on any atom is 0.326 e. The first-order valence-corrected chi connectivity index (χ1v) is 21.7. The summed E-state index contributed by atoms with van der Waals surface area (Å²) in [6, 6.07) is -0.486. The molecule has 0 bridgehead atoms. The molecule has 0 spiro atoms.